The molecular weight excluding hydrogens is 384 g/mol. The lowest BCUT2D eigenvalue weighted by molar-refractivity contribution is -0.383. The molecule has 2 aromatic rings. The quantitative estimate of drug-likeness (QED) is 0.478. The molecule has 0 fully saturated rings. The van der Waals surface area contributed by atoms with E-state index in [1.54, 1.807) is 13.8 Å². The summed E-state index contributed by atoms with van der Waals surface area (Å²) in [5, 5.41) is 17.3. The zero-order valence-corrected chi connectivity index (χ0v) is 17.0. The van der Waals surface area contributed by atoms with E-state index >= 15 is 0 Å². The fourth-order valence-electron chi connectivity index (χ4n) is 2.58. The van der Waals surface area contributed by atoms with Crippen molar-refractivity contribution in [2.45, 2.75) is 38.6 Å². The van der Waals surface area contributed by atoms with E-state index in [0.29, 0.717) is 18.8 Å². The van der Waals surface area contributed by atoms with Crippen LogP contribution in [0.1, 0.15) is 27.7 Å². The topological polar surface area (TPSA) is 130 Å². The van der Waals surface area contributed by atoms with Gasteiger partial charge < -0.3 is 10.6 Å². The Morgan fingerprint density at radius 3 is 2.18 bits per heavy atom. The van der Waals surface area contributed by atoms with E-state index in [1.165, 1.54) is 34.9 Å². The molecule has 1 aromatic carbocycles. The number of aromatic nitrogens is 2. The SMILES string of the molecule is CCN(CC)S(=O)(=O)c1ccc(Nc2ncnc(NC(C)C)c2[N+](=O)[O-])cc1. The van der Waals surface area contributed by atoms with Gasteiger partial charge in [-0.25, -0.2) is 18.4 Å². The number of anilines is 3. The Morgan fingerprint density at radius 1 is 1.11 bits per heavy atom. The number of nitrogens with one attached hydrogen (secondary N) is 2. The molecule has 10 nitrogen and oxygen atoms in total. The molecule has 2 rings (SSSR count). The number of rotatable bonds is 9. The second kappa shape index (κ2) is 8.93. The Morgan fingerprint density at radius 2 is 1.68 bits per heavy atom. The number of sulfonamides is 1. The molecule has 0 unspecified atom stereocenters. The van der Waals surface area contributed by atoms with Crippen molar-refractivity contribution in [3.63, 3.8) is 0 Å². The Balaban J connectivity index is 2.34. The van der Waals surface area contributed by atoms with Crippen LogP contribution in [-0.4, -0.2) is 46.7 Å². The van der Waals surface area contributed by atoms with Crippen molar-refractivity contribution < 1.29 is 13.3 Å². The van der Waals surface area contributed by atoms with Crippen LogP contribution in [0.25, 0.3) is 0 Å². The van der Waals surface area contributed by atoms with Crippen molar-refractivity contribution in [3.8, 4) is 0 Å². The van der Waals surface area contributed by atoms with Gasteiger partial charge in [-0.2, -0.15) is 4.31 Å². The summed E-state index contributed by atoms with van der Waals surface area (Å²) in [7, 11) is -3.57. The number of hydrogen-bond donors (Lipinski definition) is 2. The van der Waals surface area contributed by atoms with E-state index in [1.807, 2.05) is 13.8 Å². The molecular formula is C17H24N6O4S. The predicted molar refractivity (Wildman–Crippen MR) is 107 cm³/mol. The lowest BCUT2D eigenvalue weighted by Gasteiger charge is -2.18. The molecule has 0 amide bonds. The smallest absolute Gasteiger partial charge is 0.353 e. The van der Waals surface area contributed by atoms with E-state index in [9.17, 15) is 18.5 Å². The molecule has 0 saturated heterocycles. The van der Waals surface area contributed by atoms with Gasteiger partial charge in [0.15, 0.2) is 0 Å². The number of nitro groups is 1. The van der Waals surface area contributed by atoms with Gasteiger partial charge in [-0.05, 0) is 38.1 Å². The van der Waals surface area contributed by atoms with E-state index in [4.69, 9.17) is 0 Å². The highest BCUT2D eigenvalue weighted by Crippen LogP contribution is 2.31. The van der Waals surface area contributed by atoms with Gasteiger partial charge in [-0.15, -0.1) is 0 Å². The van der Waals surface area contributed by atoms with Gasteiger partial charge in [-0.3, -0.25) is 10.1 Å². The number of hydrogen-bond acceptors (Lipinski definition) is 8. The molecule has 28 heavy (non-hydrogen) atoms. The zero-order valence-electron chi connectivity index (χ0n) is 16.2. The lowest BCUT2D eigenvalue weighted by Crippen LogP contribution is -2.30. The first-order valence-electron chi connectivity index (χ1n) is 8.83. The Kier molecular flexibility index (Phi) is 6.86. The zero-order chi connectivity index (χ0) is 20.9. The maximum absolute atomic E-state index is 12.5. The summed E-state index contributed by atoms with van der Waals surface area (Å²) in [6.45, 7) is 7.97. The Hall–Kier alpha value is -2.79. The summed E-state index contributed by atoms with van der Waals surface area (Å²) < 4.78 is 26.4. The highest BCUT2D eigenvalue weighted by atomic mass is 32.2. The van der Waals surface area contributed by atoms with Crippen LogP contribution in [0, 0.1) is 10.1 Å². The first-order chi connectivity index (χ1) is 13.2. The minimum absolute atomic E-state index is 0.0162. The molecule has 11 heteroatoms. The summed E-state index contributed by atoms with van der Waals surface area (Å²) in [4.78, 5) is 19.0. The standard InChI is InChI=1S/C17H24N6O4S/c1-5-22(6-2)28(26,27)14-9-7-13(8-10-14)21-17-15(23(24)25)16(18-11-19-17)20-12(3)4/h7-12H,5-6H2,1-4H3,(H2,18,19,20,21). The van der Waals surface area contributed by atoms with Crippen LogP contribution in [0.4, 0.5) is 23.0 Å². The second-order valence-corrected chi connectivity index (χ2v) is 8.15. The van der Waals surface area contributed by atoms with Crippen molar-refractivity contribution >= 4 is 33.0 Å². The molecule has 0 aliphatic heterocycles. The molecule has 152 valence electrons. The van der Waals surface area contributed by atoms with Crippen LogP contribution < -0.4 is 10.6 Å². The van der Waals surface area contributed by atoms with Crippen LogP contribution in [0.2, 0.25) is 0 Å². The van der Waals surface area contributed by atoms with Gasteiger partial charge in [0.2, 0.25) is 21.7 Å². The molecule has 0 aliphatic carbocycles. The minimum atomic E-state index is -3.57. The van der Waals surface area contributed by atoms with Crippen LogP contribution in [0.5, 0.6) is 0 Å². The molecule has 0 aliphatic rings. The third-order valence-electron chi connectivity index (χ3n) is 3.89. The minimum Gasteiger partial charge on any atom is -0.362 e. The molecule has 2 N–H and O–H groups in total. The van der Waals surface area contributed by atoms with Crippen molar-refractivity contribution in [1.29, 1.82) is 0 Å². The summed E-state index contributed by atoms with van der Waals surface area (Å²) >= 11 is 0. The molecule has 0 radical (unpaired) electrons. The van der Waals surface area contributed by atoms with Crippen molar-refractivity contribution in [3.05, 3.63) is 40.7 Å². The van der Waals surface area contributed by atoms with Crippen molar-refractivity contribution in [1.82, 2.24) is 14.3 Å². The molecule has 0 spiro atoms. The monoisotopic (exact) mass is 408 g/mol. The van der Waals surface area contributed by atoms with Crippen LogP contribution in [0.15, 0.2) is 35.5 Å². The molecule has 0 saturated carbocycles. The van der Waals surface area contributed by atoms with Gasteiger partial charge in [0, 0.05) is 24.8 Å². The summed E-state index contributed by atoms with van der Waals surface area (Å²) in [5.74, 6) is 0.126. The second-order valence-electron chi connectivity index (χ2n) is 6.21. The van der Waals surface area contributed by atoms with E-state index in [-0.39, 0.29) is 28.3 Å². The van der Waals surface area contributed by atoms with E-state index < -0.39 is 14.9 Å². The third-order valence-corrected chi connectivity index (χ3v) is 5.95. The van der Waals surface area contributed by atoms with Crippen LogP contribution >= 0.6 is 0 Å². The van der Waals surface area contributed by atoms with Gasteiger partial charge >= 0.3 is 5.69 Å². The molecule has 0 bridgehead atoms. The lowest BCUT2D eigenvalue weighted by atomic mass is 10.3. The highest BCUT2D eigenvalue weighted by Gasteiger charge is 2.24. The number of benzene rings is 1. The molecule has 1 heterocycles. The molecule has 1 aromatic heterocycles. The Bertz CT molecular complexity index is 927. The van der Waals surface area contributed by atoms with Crippen molar-refractivity contribution in [2.75, 3.05) is 23.7 Å². The Labute approximate surface area is 164 Å². The van der Waals surface area contributed by atoms with Crippen LogP contribution in [-0.2, 0) is 10.0 Å². The fraction of sp³-hybridized carbons (Fsp3) is 0.412. The molecule has 0 atom stereocenters. The maximum Gasteiger partial charge on any atom is 0.353 e. The van der Waals surface area contributed by atoms with Crippen molar-refractivity contribution in [2.24, 2.45) is 0 Å². The average Bonchev–Trinajstić information content (AvgIpc) is 2.62. The number of nitrogens with zero attached hydrogens (tertiary/aromatic N) is 4. The average molecular weight is 408 g/mol. The van der Waals surface area contributed by atoms with Gasteiger partial charge in [0.1, 0.15) is 6.33 Å². The highest BCUT2D eigenvalue weighted by molar-refractivity contribution is 7.89. The predicted octanol–water partition coefficient (Wildman–Crippen LogP) is 2.98. The van der Waals surface area contributed by atoms with Crippen LogP contribution in [0.3, 0.4) is 0 Å². The third kappa shape index (κ3) is 4.73. The largest absolute Gasteiger partial charge is 0.362 e. The normalized spacial score (nSPS) is 11.6. The summed E-state index contributed by atoms with van der Waals surface area (Å²) in [6.07, 6.45) is 1.22. The van der Waals surface area contributed by atoms with E-state index in [2.05, 4.69) is 20.6 Å². The van der Waals surface area contributed by atoms with Gasteiger partial charge in [0.05, 0.1) is 9.82 Å². The first-order valence-corrected chi connectivity index (χ1v) is 10.3. The summed E-state index contributed by atoms with van der Waals surface area (Å²) in [6, 6.07) is 5.94. The van der Waals surface area contributed by atoms with Gasteiger partial charge in [-0.1, -0.05) is 13.8 Å². The fourth-order valence-corrected chi connectivity index (χ4v) is 4.04. The summed E-state index contributed by atoms with van der Waals surface area (Å²) in [5.41, 5.74) is 0.187. The maximum atomic E-state index is 12.5. The van der Waals surface area contributed by atoms with Gasteiger partial charge in [0.25, 0.3) is 0 Å². The van der Waals surface area contributed by atoms with E-state index in [0.717, 1.165) is 0 Å². The first kappa shape index (κ1) is 21.5.